The van der Waals surface area contributed by atoms with E-state index in [4.69, 9.17) is 47.5 Å². The number of anilines is 1. The summed E-state index contributed by atoms with van der Waals surface area (Å²) in [5.74, 6) is 2.70. The highest BCUT2D eigenvalue weighted by atomic mass is 35.5. The zero-order valence-electron chi connectivity index (χ0n) is 62.1. The molecule has 12 heterocycles. The van der Waals surface area contributed by atoms with Gasteiger partial charge in [0.25, 0.3) is 16.7 Å². The summed E-state index contributed by atoms with van der Waals surface area (Å²) in [6.07, 6.45) is 11.4. The fraction of sp³-hybridized carbons (Fsp3) is 0.402. The number of pyridine rings is 2. The number of piperidine rings is 2. The number of nitrogens with one attached hydrogen (secondary N) is 1. The average Bonchev–Trinajstić information content (AvgIpc) is 1.24. The Labute approximate surface area is 644 Å². The molecule has 0 spiro atoms. The Hall–Kier alpha value is -10.1. The number of fused-ring (bicyclic) bond motifs is 5. The van der Waals surface area contributed by atoms with Gasteiger partial charge in [-0.3, -0.25) is 37.5 Å². The van der Waals surface area contributed by atoms with Gasteiger partial charge in [0.05, 0.1) is 18.0 Å². The van der Waals surface area contributed by atoms with Gasteiger partial charge in [-0.15, -0.1) is 23.2 Å². The van der Waals surface area contributed by atoms with Crippen LogP contribution in [0.25, 0.3) is 27.6 Å². The van der Waals surface area contributed by atoms with Gasteiger partial charge < -0.3 is 49.4 Å². The lowest BCUT2D eigenvalue weighted by molar-refractivity contribution is -0.144. The topological polar surface area (TPSA) is 313 Å². The molecule has 7 aromatic heterocycles. The van der Waals surface area contributed by atoms with E-state index >= 15 is 0 Å². The van der Waals surface area contributed by atoms with E-state index in [2.05, 4.69) is 45.2 Å². The van der Waals surface area contributed by atoms with Crippen molar-refractivity contribution in [2.45, 2.75) is 155 Å². The Morgan fingerprint density at radius 3 is 1.60 bits per heavy atom. The summed E-state index contributed by atoms with van der Waals surface area (Å²) in [4.78, 5) is 78.5. The summed E-state index contributed by atoms with van der Waals surface area (Å²) in [6.45, 7) is 14.2. The van der Waals surface area contributed by atoms with E-state index in [1.54, 1.807) is 52.7 Å². The highest BCUT2D eigenvalue weighted by molar-refractivity contribution is 6.18. The number of likely N-dealkylation sites (tertiary alicyclic amines) is 1. The number of carbonyl (C=O) groups is 2. The van der Waals surface area contributed by atoms with Crippen LogP contribution in [-0.4, -0.2) is 122 Å². The zero-order chi connectivity index (χ0) is 77.8. The Balaban J connectivity index is 0.000000136. The molecule has 5 aliphatic rings. The predicted molar refractivity (Wildman–Crippen MR) is 415 cm³/mol. The number of hydrogen-bond acceptors (Lipinski definition) is 21. The molecule has 16 rings (SSSR count). The van der Waals surface area contributed by atoms with Gasteiger partial charge in [-0.2, -0.15) is 0 Å². The third kappa shape index (κ3) is 20.5. The minimum absolute atomic E-state index is 0.00237. The number of nitrogen functional groups attached to an aromatic ring is 1. The smallest absolute Gasteiger partial charge is 0.316 e. The van der Waals surface area contributed by atoms with E-state index in [0.29, 0.717) is 163 Å². The van der Waals surface area contributed by atoms with Gasteiger partial charge in [-0.05, 0) is 184 Å². The van der Waals surface area contributed by atoms with Crippen molar-refractivity contribution in [1.82, 2.24) is 54.0 Å². The van der Waals surface area contributed by atoms with Crippen LogP contribution < -0.4 is 37.2 Å². The molecular weight excluding hydrogens is 1450 g/mol. The van der Waals surface area contributed by atoms with Crippen molar-refractivity contribution in [1.29, 1.82) is 0 Å². The summed E-state index contributed by atoms with van der Waals surface area (Å²) in [6, 6.07) is 36.3. The highest BCUT2D eigenvalue weighted by Gasteiger charge is 2.31. The second kappa shape index (κ2) is 39.0. The first-order chi connectivity index (χ1) is 53.3. The molecule has 0 bridgehead atoms. The van der Waals surface area contributed by atoms with E-state index in [1.807, 2.05) is 86.6 Å². The largest absolute Gasteiger partial charge is 0.485 e. The van der Waals surface area contributed by atoms with Crippen molar-refractivity contribution in [3.05, 3.63) is 244 Å². The van der Waals surface area contributed by atoms with Crippen LogP contribution in [0.3, 0.4) is 0 Å². The number of cyclic esters (lactones) is 1. The molecule has 0 saturated carbocycles. The highest BCUT2D eigenvalue weighted by Crippen LogP contribution is 2.35. The first-order valence-corrected chi connectivity index (χ1v) is 38.3. The lowest BCUT2D eigenvalue weighted by Crippen LogP contribution is -2.37. The van der Waals surface area contributed by atoms with Crippen LogP contribution in [0.2, 0.25) is 0 Å². The number of aliphatic hydroxyl groups excluding tert-OH is 2. The number of halogens is 4. The first kappa shape index (κ1) is 80.9. The zero-order valence-corrected chi connectivity index (χ0v) is 63.6. The lowest BCUT2D eigenvalue weighted by atomic mass is 9.91. The van der Waals surface area contributed by atoms with Gasteiger partial charge >= 0.3 is 5.97 Å². The second-order valence-corrected chi connectivity index (χ2v) is 28.3. The molecule has 3 atom stereocenters. The number of nitrogens with two attached hydrogens (primary N) is 1. The van der Waals surface area contributed by atoms with Gasteiger partial charge in [0.2, 0.25) is 0 Å². The minimum Gasteiger partial charge on any atom is -0.485 e. The quantitative estimate of drug-likeness (QED) is 0.0397. The van der Waals surface area contributed by atoms with Crippen molar-refractivity contribution in [2.24, 2.45) is 5.92 Å². The molecule has 5 N–H and O–H groups in total. The molecule has 580 valence electrons. The van der Waals surface area contributed by atoms with Crippen molar-refractivity contribution in [3.63, 3.8) is 0 Å². The lowest BCUT2D eigenvalue weighted by Gasteiger charge is -2.31. The monoisotopic (exact) mass is 1540 g/mol. The number of hydrogen-bond donors (Lipinski definition) is 4. The average molecular weight is 1550 g/mol. The maximum Gasteiger partial charge on any atom is 0.316 e. The number of alkyl halides is 2. The maximum atomic E-state index is 13.4. The van der Waals surface area contributed by atoms with E-state index in [1.165, 1.54) is 35.6 Å². The summed E-state index contributed by atoms with van der Waals surface area (Å²) >= 11 is 11.4. The number of nitrogens with zero attached hydrogens (tertiary/aromatic N) is 10. The Morgan fingerprint density at radius 2 is 1.10 bits per heavy atom. The van der Waals surface area contributed by atoms with Crippen LogP contribution in [-0.2, 0) is 59.9 Å². The molecule has 3 unspecified atom stereocenters. The van der Waals surface area contributed by atoms with E-state index in [-0.39, 0.29) is 40.1 Å². The van der Waals surface area contributed by atoms with Gasteiger partial charge in [-0.1, -0.05) is 71.0 Å². The van der Waals surface area contributed by atoms with E-state index in [0.717, 1.165) is 116 Å². The molecule has 24 nitrogen and oxygen atoms in total. The van der Waals surface area contributed by atoms with Crippen molar-refractivity contribution >= 4 is 68.4 Å². The molecule has 4 aromatic carbocycles. The third-order valence-corrected chi connectivity index (χ3v) is 20.5. The van der Waals surface area contributed by atoms with Crippen LogP contribution >= 0.6 is 23.2 Å². The number of aryl methyl sites for hydroxylation is 3. The standard InChI is InChI=1S/C23H27FN4O3.C18H17ClN2O2.C12H13FN2O.C12H12N2O.C11H15ClN2O2.C6H8O3/c1-14-17(23(30)28-9-2-3-19(29)22(28)25-14)8-12-27-10-6-15(7-11-27)21-18-5-4-16(24)13-20(18)31-26-21;1-13-15(9-10-19)18(22)21-11-5-8-16(17(21)20-13)23-12-14-6-3-2-4-7-14;13-9-1-2-10-11(7-9)16-15-12(10)8-3-5-14-6-4-8;13-12-11(7-4-8-14-12)15-9-10-5-2-1-3-6-10;1-7-8(4-5-12)11(16)14-6-2-3-9(15)10(14)13-7;1-4(7)5-2-3-9-6(5)8/h4-5,13,15,19,29H,2-3,6-12H2,1H3;2-8,11H,9-10,12H2,1H3;1-2,7-8,14H,3-6H2;1-8H,9H2,(H2,13,14);9,15H,2-6H2,1H3;5H,2-3H2,1H3. The van der Waals surface area contributed by atoms with E-state index < -0.39 is 18.1 Å². The summed E-state index contributed by atoms with van der Waals surface area (Å²) in [5, 5.41) is 33.4. The number of ether oxygens (including phenoxy) is 3. The number of rotatable bonds is 16. The van der Waals surface area contributed by atoms with Crippen molar-refractivity contribution < 1.29 is 51.8 Å². The van der Waals surface area contributed by atoms with E-state index in [9.17, 15) is 43.0 Å². The minimum atomic E-state index is -0.641. The van der Waals surface area contributed by atoms with Crippen LogP contribution in [0.4, 0.5) is 14.6 Å². The van der Waals surface area contributed by atoms with Crippen LogP contribution in [0.15, 0.2) is 157 Å². The molecule has 0 radical (unpaired) electrons. The fourth-order valence-corrected chi connectivity index (χ4v) is 14.5. The summed E-state index contributed by atoms with van der Waals surface area (Å²) < 4.78 is 57.6. The Morgan fingerprint density at radius 1 is 0.600 bits per heavy atom. The SMILES string of the molecule is CC(=O)C1CCOC1=O.Cc1nc2c(OCc3ccccc3)cccn2c(=O)c1CCCl.Cc1nc2n(c(=O)c1CCCl)CCCC2O.Cc1nc2n(c(=O)c1CCN1CCC(c3noc4cc(F)ccc34)CC1)CCCC2O.Fc1ccc2c(C3CCNCC3)noc2c1.Nc1ncccc1OCc1ccccc1. The fourth-order valence-electron chi connectivity index (χ4n) is 14.1. The molecule has 0 amide bonds. The number of aliphatic hydroxyl groups is 2. The van der Waals surface area contributed by atoms with Crippen LogP contribution in [0, 0.1) is 38.3 Å². The first-order valence-electron chi connectivity index (χ1n) is 37.2. The number of esters is 1. The summed E-state index contributed by atoms with van der Waals surface area (Å²) in [7, 11) is 0. The Kier molecular flexibility index (Phi) is 28.7. The number of carbonyl (C=O) groups excluding carboxylic acids is 2. The normalized spacial score (nSPS) is 16.9. The third-order valence-electron chi connectivity index (χ3n) is 20.1. The summed E-state index contributed by atoms with van der Waals surface area (Å²) in [5.41, 5.74) is 15.4. The number of Topliss-reactive ketones (excluding diaryl/α,β-unsaturated/α-hetero) is 1. The Bertz CT molecular complexity index is 5130. The molecule has 5 aliphatic heterocycles. The van der Waals surface area contributed by atoms with Gasteiger partial charge in [0, 0.05) is 119 Å². The molecular formula is C82H92Cl2F2N12O12. The predicted octanol–water partition coefficient (Wildman–Crippen LogP) is 12.4. The van der Waals surface area contributed by atoms with Crippen LogP contribution in [0.5, 0.6) is 11.5 Å². The van der Waals surface area contributed by atoms with Crippen molar-refractivity contribution in [3.8, 4) is 11.5 Å². The molecule has 0 aliphatic carbocycles. The molecule has 3 fully saturated rings. The molecule has 110 heavy (non-hydrogen) atoms. The number of ketones is 1. The van der Waals surface area contributed by atoms with Gasteiger partial charge in [-0.25, -0.2) is 28.7 Å². The van der Waals surface area contributed by atoms with Crippen LogP contribution in [0.1, 0.15) is 157 Å². The molecule has 11 aromatic rings. The maximum absolute atomic E-state index is 13.4. The van der Waals surface area contributed by atoms with Gasteiger partial charge in [0.1, 0.15) is 60.4 Å². The van der Waals surface area contributed by atoms with Crippen molar-refractivity contribution in [2.75, 3.05) is 56.8 Å². The number of benzene rings is 4. The molecule has 3 saturated heterocycles. The molecule has 28 heteroatoms. The second-order valence-electron chi connectivity index (χ2n) is 27.6. The number of aromatic nitrogens is 9. The van der Waals surface area contributed by atoms with Gasteiger partial charge in [0.15, 0.2) is 34.1 Å².